The predicted octanol–water partition coefficient (Wildman–Crippen LogP) is 4.05. The van der Waals surface area contributed by atoms with Gasteiger partial charge in [0.25, 0.3) is 0 Å². The summed E-state index contributed by atoms with van der Waals surface area (Å²) in [7, 11) is 1.74. The van der Waals surface area contributed by atoms with Crippen molar-refractivity contribution in [1.82, 2.24) is 0 Å². The fourth-order valence-corrected chi connectivity index (χ4v) is 5.01. The molecular weight excluding hydrogens is 264 g/mol. The van der Waals surface area contributed by atoms with Gasteiger partial charge in [0.05, 0.1) is 0 Å². The number of ether oxygens (including phenoxy) is 2. The highest BCUT2D eigenvalue weighted by Crippen LogP contribution is 2.59. The molecule has 122 valence electrons. The lowest BCUT2D eigenvalue weighted by atomic mass is 9.68. The van der Waals surface area contributed by atoms with E-state index in [0.717, 1.165) is 49.5 Å². The van der Waals surface area contributed by atoms with Gasteiger partial charge in [-0.2, -0.15) is 0 Å². The number of fused-ring (bicyclic) bond motifs is 2. The lowest BCUT2D eigenvalue weighted by molar-refractivity contribution is -0.166. The molecule has 0 N–H and O–H groups in total. The Morgan fingerprint density at radius 3 is 2.43 bits per heavy atom. The molecule has 0 amide bonds. The highest BCUT2D eigenvalue weighted by atomic mass is 16.6. The first-order valence-electron chi connectivity index (χ1n) is 8.57. The van der Waals surface area contributed by atoms with E-state index < -0.39 is 0 Å². The summed E-state index contributed by atoms with van der Waals surface area (Å²) in [6.07, 6.45) is 5.65. The number of esters is 1. The SMILES string of the molecule is COCCCCC(C)(OC(C)=O)C1CC2CC1C(C)C2C. The van der Waals surface area contributed by atoms with Crippen LogP contribution in [0.4, 0.5) is 0 Å². The van der Waals surface area contributed by atoms with E-state index in [-0.39, 0.29) is 11.6 Å². The normalized spacial score (nSPS) is 37.5. The highest BCUT2D eigenvalue weighted by Gasteiger charge is 2.55. The van der Waals surface area contributed by atoms with Crippen molar-refractivity contribution in [2.45, 2.75) is 65.4 Å². The summed E-state index contributed by atoms with van der Waals surface area (Å²) < 4.78 is 11.0. The van der Waals surface area contributed by atoms with Crippen molar-refractivity contribution >= 4 is 5.97 Å². The molecule has 2 fully saturated rings. The van der Waals surface area contributed by atoms with E-state index in [4.69, 9.17) is 9.47 Å². The van der Waals surface area contributed by atoms with Crippen LogP contribution in [0.3, 0.4) is 0 Å². The molecule has 6 unspecified atom stereocenters. The molecular formula is C18H32O3. The summed E-state index contributed by atoms with van der Waals surface area (Å²) in [5.41, 5.74) is -0.284. The third kappa shape index (κ3) is 3.44. The summed E-state index contributed by atoms with van der Waals surface area (Å²) in [6, 6.07) is 0. The number of carbonyl (C=O) groups excluding carboxylic acids is 1. The third-order valence-corrected chi connectivity index (χ3v) is 6.33. The molecule has 6 atom stereocenters. The maximum atomic E-state index is 11.6. The van der Waals surface area contributed by atoms with Crippen molar-refractivity contribution in [1.29, 1.82) is 0 Å². The Morgan fingerprint density at radius 2 is 1.90 bits per heavy atom. The van der Waals surface area contributed by atoms with Gasteiger partial charge in [0.15, 0.2) is 0 Å². The van der Waals surface area contributed by atoms with Crippen LogP contribution < -0.4 is 0 Å². The van der Waals surface area contributed by atoms with Crippen LogP contribution in [0.25, 0.3) is 0 Å². The van der Waals surface area contributed by atoms with Crippen molar-refractivity contribution in [3.05, 3.63) is 0 Å². The molecule has 2 aliphatic carbocycles. The van der Waals surface area contributed by atoms with Gasteiger partial charge in [-0.15, -0.1) is 0 Å². The largest absolute Gasteiger partial charge is 0.459 e. The van der Waals surface area contributed by atoms with Gasteiger partial charge in [0.2, 0.25) is 0 Å². The van der Waals surface area contributed by atoms with E-state index in [2.05, 4.69) is 20.8 Å². The second-order valence-electron chi connectivity index (χ2n) is 7.58. The first-order chi connectivity index (χ1) is 9.89. The van der Waals surface area contributed by atoms with E-state index in [1.165, 1.54) is 12.8 Å². The van der Waals surface area contributed by atoms with Gasteiger partial charge in [0, 0.05) is 26.6 Å². The van der Waals surface area contributed by atoms with Crippen LogP contribution in [0, 0.1) is 29.6 Å². The van der Waals surface area contributed by atoms with Crippen LogP contribution in [0.2, 0.25) is 0 Å². The lowest BCUT2D eigenvalue weighted by Gasteiger charge is -2.43. The Bertz CT molecular complexity index is 365. The summed E-state index contributed by atoms with van der Waals surface area (Å²) >= 11 is 0. The molecule has 21 heavy (non-hydrogen) atoms. The Hall–Kier alpha value is -0.570. The molecule has 2 bridgehead atoms. The molecule has 0 saturated heterocycles. The zero-order valence-corrected chi connectivity index (χ0v) is 14.4. The number of hydrogen-bond acceptors (Lipinski definition) is 3. The van der Waals surface area contributed by atoms with Crippen LogP contribution in [-0.2, 0) is 14.3 Å². The van der Waals surface area contributed by atoms with Gasteiger partial charge in [-0.1, -0.05) is 13.8 Å². The number of unbranched alkanes of at least 4 members (excludes halogenated alkanes) is 1. The third-order valence-electron chi connectivity index (χ3n) is 6.33. The van der Waals surface area contributed by atoms with Gasteiger partial charge in [0.1, 0.15) is 5.60 Å². The Labute approximate surface area is 129 Å². The molecule has 3 heteroatoms. The van der Waals surface area contributed by atoms with Gasteiger partial charge < -0.3 is 9.47 Å². The molecule has 0 aromatic rings. The summed E-state index contributed by atoms with van der Waals surface area (Å²) in [4.78, 5) is 11.6. The molecule has 3 nitrogen and oxygen atoms in total. The maximum Gasteiger partial charge on any atom is 0.303 e. The first-order valence-corrected chi connectivity index (χ1v) is 8.57. The molecule has 0 spiro atoms. The van der Waals surface area contributed by atoms with Gasteiger partial charge >= 0.3 is 5.97 Å². The van der Waals surface area contributed by atoms with Crippen molar-refractivity contribution < 1.29 is 14.3 Å². The highest BCUT2D eigenvalue weighted by molar-refractivity contribution is 5.66. The van der Waals surface area contributed by atoms with E-state index >= 15 is 0 Å². The second kappa shape index (κ2) is 6.68. The topological polar surface area (TPSA) is 35.5 Å². The van der Waals surface area contributed by atoms with Gasteiger partial charge in [-0.25, -0.2) is 0 Å². The number of rotatable bonds is 7. The number of hydrogen-bond donors (Lipinski definition) is 0. The van der Waals surface area contributed by atoms with E-state index in [0.29, 0.717) is 5.92 Å². The minimum absolute atomic E-state index is 0.132. The van der Waals surface area contributed by atoms with Gasteiger partial charge in [-0.3, -0.25) is 4.79 Å². The fraction of sp³-hybridized carbons (Fsp3) is 0.944. The summed E-state index contributed by atoms with van der Waals surface area (Å²) in [6.45, 7) is 9.30. The zero-order valence-electron chi connectivity index (χ0n) is 14.4. The summed E-state index contributed by atoms with van der Waals surface area (Å²) in [5.74, 6) is 3.58. The van der Waals surface area contributed by atoms with Crippen LogP contribution in [0.15, 0.2) is 0 Å². The van der Waals surface area contributed by atoms with Crippen molar-refractivity contribution in [2.75, 3.05) is 13.7 Å². The average molecular weight is 296 g/mol. The van der Waals surface area contributed by atoms with Crippen LogP contribution in [-0.4, -0.2) is 25.3 Å². The number of methoxy groups -OCH3 is 1. The van der Waals surface area contributed by atoms with Crippen LogP contribution in [0.5, 0.6) is 0 Å². The maximum absolute atomic E-state index is 11.6. The minimum Gasteiger partial charge on any atom is -0.459 e. The average Bonchev–Trinajstić information content (AvgIpc) is 2.96. The van der Waals surface area contributed by atoms with E-state index in [1.807, 2.05) is 0 Å². The first kappa shape index (κ1) is 16.8. The lowest BCUT2D eigenvalue weighted by Crippen LogP contribution is -2.44. The van der Waals surface area contributed by atoms with Crippen LogP contribution >= 0.6 is 0 Å². The Morgan fingerprint density at radius 1 is 1.19 bits per heavy atom. The van der Waals surface area contributed by atoms with Crippen LogP contribution in [0.1, 0.15) is 59.8 Å². The molecule has 0 aromatic carbocycles. The number of carbonyl (C=O) groups is 1. The zero-order chi connectivity index (χ0) is 15.6. The Balaban J connectivity index is 2.04. The molecule has 2 rings (SSSR count). The van der Waals surface area contributed by atoms with Crippen molar-refractivity contribution in [3.63, 3.8) is 0 Å². The van der Waals surface area contributed by atoms with E-state index in [9.17, 15) is 4.79 Å². The second-order valence-corrected chi connectivity index (χ2v) is 7.58. The predicted molar refractivity (Wildman–Crippen MR) is 83.9 cm³/mol. The molecule has 0 radical (unpaired) electrons. The van der Waals surface area contributed by atoms with Gasteiger partial charge in [-0.05, 0) is 62.7 Å². The van der Waals surface area contributed by atoms with Crippen molar-refractivity contribution in [2.24, 2.45) is 29.6 Å². The monoisotopic (exact) mass is 296 g/mol. The smallest absolute Gasteiger partial charge is 0.303 e. The molecule has 2 aliphatic rings. The quantitative estimate of drug-likeness (QED) is 0.525. The molecule has 0 aromatic heterocycles. The Kier molecular flexibility index (Phi) is 5.34. The minimum atomic E-state index is -0.284. The molecule has 0 aliphatic heterocycles. The van der Waals surface area contributed by atoms with Crippen molar-refractivity contribution in [3.8, 4) is 0 Å². The standard InChI is InChI=1S/C18H32O3/c1-12-13(2)16-10-15(12)11-17(16)18(4,21-14(3)19)8-6-7-9-20-5/h12-13,15-17H,6-11H2,1-5H3. The molecule has 0 heterocycles. The summed E-state index contributed by atoms with van der Waals surface area (Å²) in [5, 5.41) is 0. The van der Waals surface area contributed by atoms with E-state index in [1.54, 1.807) is 14.0 Å². The molecule has 2 saturated carbocycles. The fourth-order valence-electron chi connectivity index (χ4n) is 5.01.